The summed E-state index contributed by atoms with van der Waals surface area (Å²) in [4.78, 5) is 0. The van der Waals surface area contributed by atoms with E-state index >= 15 is 0 Å². The summed E-state index contributed by atoms with van der Waals surface area (Å²) in [7, 11) is 2.16. The minimum absolute atomic E-state index is 0.496. The minimum Gasteiger partial charge on any atom is -0.388 e. The molecule has 0 spiro atoms. The fourth-order valence-electron chi connectivity index (χ4n) is 1.24. The Morgan fingerprint density at radius 2 is 2.29 bits per heavy atom. The first-order valence-corrected chi connectivity index (χ1v) is 5.26. The van der Waals surface area contributed by atoms with Crippen molar-refractivity contribution < 1.29 is 9.63 Å². The summed E-state index contributed by atoms with van der Waals surface area (Å²) in [5.41, 5.74) is 1.85. The molecule has 1 aromatic rings. The number of benzene rings is 1. The summed E-state index contributed by atoms with van der Waals surface area (Å²) in [6, 6.07) is 5.64. The lowest BCUT2D eigenvalue weighted by molar-refractivity contribution is 0.146. The van der Waals surface area contributed by atoms with Gasteiger partial charge in [-0.25, -0.2) is 0 Å². The van der Waals surface area contributed by atoms with Crippen LogP contribution >= 0.6 is 21.1 Å². The van der Waals surface area contributed by atoms with Gasteiger partial charge in [-0.3, -0.25) is 0 Å². The second kappa shape index (κ2) is 5.67. The minimum atomic E-state index is -0.552. The van der Waals surface area contributed by atoms with Crippen molar-refractivity contribution in [3.8, 4) is 0 Å². The van der Waals surface area contributed by atoms with Gasteiger partial charge in [-0.2, -0.15) is 0 Å². The predicted molar refractivity (Wildman–Crippen MR) is 61.4 cm³/mol. The van der Waals surface area contributed by atoms with Crippen molar-refractivity contribution in [3.63, 3.8) is 0 Å². The number of halogens is 1. The van der Waals surface area contributed by atoms with E-state index in [-0.39, 0.29) is 0 Å². The van der Waals surface area contributed by atoms with E-state index in [2.05, 4.69) is 9.47 Å². The Hall–Kier alpha value is -0.140. The van der Waals surface area contributed by atoms with Gasteiger partial charge in [0.15, 0.2) is 0 Å². The van der Waals surface area contributed by atoms with E-state index in [0.29, 0.717) is 18.1 Å². The smallest absolute Gasteiger partial charge is 0.0826 e. The number of hydrogen-bond donors (Lipinski definition) is 1. The summed E-state index contributed by atoms with van der Waals surface area (Å²) < 4.78 is 4.81. The van der Waals surface area contributed by atoms with Crippen LogP contribution in [-0.2, 0) is 4.52 Å². The SMILES string of the molecule is Cc1ccc([C@@H](O)CCOP)c(Cl)c1. The van der Waals surface area contributed by atoms with Gasteiger partial charge in [0.25, 0.3) is 0 Å². The molecular formula is C10H14ClO2P. The van der Waals surface area contributed by atoms with Crippen molar-refractivity contribution in [1.29, 1.82) is 0 Å². The highest BCUT2D eigenvalue weighted by Gasteiger charge is 2.10. The largest absolute Gasteiger partial charge is 0.388 e. The van der Waals surface area contributed by atoms with Crippen molar-refractivity contribution >= 4 is 21.1 Å². The number of aliphatic hydroxyl groups is 1. The van der Waals surface area contributed by atoms with Gasteiger partial charge in [-0.1, -0.05) is 23.7 Å². The second-order valence-corrected chi connectivity index (χ2v) is 3.94. The molecule has 1 unspecified atom stereocenters. The third-order valence-corrected chi connectivity index (χ3v) is 2.59. The average molecular weight is 233 g/mol. The first kappa shape index (κ1) is 11.9. The first-order chi connectivity index (χ1) is 6.65. The summed E-state index contributed by atoms with van der Waals surface area (Å²) in [6.45, 7) is 2.46. The molecule has 0 radical (unpaired) electrons. The normalized spacial score (nSPS) is 12.9. The van der Waals surface area contributed by atoms with Crippen LogP contribution in [0.1, 0.15) is 23.7 Å². The van der Waals surface area contributed by atoms with Gasteiger partial charge < -0.3 is 9.63 Å². The van der Waals surface area contributed by atoms with Crippen LogP contribution in [0.5, 0.6) is 0 Å². The van der Waals surface area contributed by atoms with Gasteiger partial charge in [-0.15, -0.1) is 0 Å². The molecule has 14 heavy (non-hydrogen) atoms. The molecular weight excluding hydrogens is 219 g/mol. The van der Waals surface area contributed by atoms with Crippen LogP contribution < -0.4 is 0 Å². The van der Waals surface area contributed by atoms with E-state index in [1.54, 1.807) is 0 Å². The maximum absolute atomic E-state index is 9.75. The summed E-state index contributed by atoms with van der Waals surface area (Å²) in [5.74, 6) is 0. The maximum Gasteiger partial charge on any atom is 0.0826 e. The first-order valence-electron chi connectivity index (χ1n) is 4.41. The Bertz CT molecular complexity index is 304. The monoisotopic (exact) mass is 232 g/mol. The Kier molecular flexibility index (Phi) is 4.83. The van der Waals surface area contributed by atoms with Crippen molar-refractivity contribution in [2.75, 3.05) is 6.61 Å². The van der Waals surface area contributed by atoms with Gasteiger partial charge in [-0.05, 0) is 24.1 Å². The fraction of sp³-hybridized carbons (Fsp3) is 0.400. The lowest BCUT2D eigenvalue weighted by Gasteiger charge is -2.12. The third-order valence-electron chi connectivity index (χ3n) is 2.02. The van der Waals surface area contributed by atoms with E-state index in [0.717, 1.165) is 11.1 Å². The molecule has 0 heterocycles. The molecule has 0 aliphatic carbocycles. The van der Waals surface area contributed by atoms with Crippen molar-refractivity contribution in [1.82, 2.24) is 0 Å². The topological polar surface area (TPSA) is 29.5 Å². The van der Waals surface area contributed by atoms with E-state index in [1.165, 1.54) is 0 Å². The Labute approximate surface area is 91.5 Å². The number of hydrogen-bond acceptors (Lipinski definition) is 2. The lowest BCUT2D eigenvalue weighted by Crippen LogP contribution is -2.01. The van der Waals surface area contributed by atoms with Crippen molar-refractivity contribution in [3.05, 3.63) is 34.3 Å². The third kappa shape index (κ3) is 3.21. The summed E-state index contributed by atoms with van der Waals surface area (Å²) in [6.07, 6.45) is -0.00428. The Morgan fingerprint density at radius 3 is 2.86 bits per heavy atom. The van der Waals surface area contributed by atoms with Gasteiger partial charge in [0.1, 0.15) is 0 Å². The molecule has 0 aliphatic rings. The van der Waals surface area contributed by atoms with Gasteiger partial charge in [0.05, 0.1) is 12.7 Å². The maximum atomic E-state index is 9.75. The average Bonchev–Trinajstić information content (AvgIpc) is 2.14. The summed E-state index contributed by atoms with van der Waals surface area (Å²) >= 11 is 6.00. The highest BCUT2D eigenvalue weighted by Crippen LogP contribution is 2.26. The van der Waals surface area contributed by atoms with E-state index < -0.39 is 6.10 Å². The molecule has 2 nitrogen and oxygen atoms in total. The molecule has 1 N–H and O–H groups in total. The molecule has 1 rings (SSSR count). The molecule has 4 heteroatoms. The van der Waals surface area contributed by atoms with Gasteiger partial charge in [0, 0.05) is 20.9 Å². The van der Waals surface area contributed by atoms with Crippen molar-refractivity contribution in [2.24, 2.45) is 0 Å². The van der Waals surface area contributed by atoms with E-state index in [1.807, 2.05) is 25.1 Å². The number of aliphatic hydroxyl groups excluding tert-OH is 1. The molecule has 0 saturated heterocycles. The van der Waals surface area contributed by atoms with Crippen LogP contribution in [0, 0.1) is 6.92 Å². The van der Waals surface area contributed by atoms with E-state index in [9.17, 15) is 5.11 Å². The van der Waals surface area contributed by atoms with Crippen LogP contribution in [0.2, 0.25) is 5.02 Å². The molecule has 0 bridgehead atoms. The molecule has 0 amide bonds. The second-order valence-electron chi connectivity index (χ2n) is 3.20. The zero-order valence-electron chi connectivity index (χ0n) is 8.03. The molecule has 0 saturated carbocycles. The van der Waals surface area contributed by atoms with Crippen LogP contribution in [0.4, 0.5) is 0 Å². The van der Waals surface area contributed by atoms with E-state index in [4.69, 9.17) is 16.1 Å². The standard InChI is InChI=1S/C10H14ClO2P/c1-7-2-3-8(9(11)6-7)10(12)4-5-13-14/h2-3,6,10,12H,4-5,14H2,1H3/t10-/m0/s1. The summed E-state index contributed by atoms with van der Waals surface area (Å²) in [5, 5.41) is 10.4. The van der Waals surface area contributed by atoms with Gasteiger partial charge >= 0.3 is 0 Å². The van der Waals surface area contributed by atoms with Crippen LogP contribution in [0.25, 0.3) is 0 Å². The lowest BCUT2D eigenvalue weighted by atomic mass is 10.1. The Balaban J connectivity index is 2.74. The Morgan fingerprint density at radius 1 is 1.57 bits per heavy atom. The molecule has 1 aromatic carbocycles. The number of rotatable bonds is 4. The quantitative estimate of drug-likeness (QED) is 0.809. The van der Waals surface area contributed by atoms with Crippen LogP contribution in [-0.4, -0.2) is 11.7 Å². The molecule has 0 fully saturated rings. The fourth-order valence-corrected chi connectivity index (χ4v) is 1.73. The highest BCUT2D eigenvalue weighted by molar-refractivity contribution is 7.09. The highest BCUT2D eigenvalue weighted by atomic mass is 35.5. The van der Waals surface area contributed by atoms with Crippen LogP contribution in [0.3, 0.4) is 0 Å². The molecule has 2 atom stereocenters. The van der Waals surface area contributed by atoms with Crippen LogP contribution in [0.15, 0.2) is 18.2 Å². The van der Waals surface area contributed by atoms with Crippen molar-refractivity contribution in [2.45, 2.75) is 19.4 Å². The zero-order valence-corrected chi connectivity index (χ0v) is 9.95. The number of aryl methyl sites for hydroxylation is 1. The zero-order chi connectivity index (χ0) is 10.6. The molecule has 78 valence electrons. The van der Waals surface area contributed by atoms with Gasteiger partial charge in [0.2, 0.25) is 0 Å². The predicted octanol–water partition coefficient (Wildman–Crippen LogP) is 2.88. The molecule has 0 aliphatic heterocycles. The molecule has 0 aromatic heterocycles.